The quantitative estimate of drug-likeness (QED) is 0.734. The lowest BCUT2D eigenvalue weighted by molar-refractivity contribution is 0.250. The molecule has 0 aromatic heterocycles. The highest BCUT2D eigenvalue weighted by molar-refractivity contribution is 7.89. The van der Waals surface area contributed by atoms with Crippen LogP contribution in [0.25, 0.3) is 0 Å². The number of rotatable bonds is 7. The summed E-state index contributed by atoms with van der Waals surface area (Å²) in [6.45, 7) is 2.29. The molecule has 20 heavy (non-hydrogen) atoms. The van der Waals surface area contributed by atoms with E-state index in [0.717, 1.165) is 32.4 Å². The molecule has 2 N–H and O–H groups in total. The van der Waals surface area contributed by atoms with Crippen molar-refractivity contribution in [3.05, 3.63) is 0 Å². The lowest BCUT2D eigenvalue weighted by Crippen LogP contribution is -2.44. The summed E-state index contributed by atoms with van der Waals surface area (Å²) in [4.78, 5) is 2.30. The Kier molecular flexibility index (Phi) is 6.26. The zero-order valence-electron chi connectivity index (χ0n) is 12.6. The fourth-order valence-electron chi connectivity index (χ4n) is 3.30. The first-order valence-corrected chi connectivity index (χ1v) is 9.63. The third kappa shape index (κ3) is 5.31. The van der Waals surface area contributed by atoms with Gasteiger partial charge in [-0.2, -0.15) is 0 Å². The van der Waals surface area contributed by atoms with Gasteiger partial charge in [0.25, 0.3) is 0 Å². The number of likely N-dealkylation sites (N-methyl/N-ethyl adjacent to an activating group) is 1. The van der Waals surface area contributed by atoms with Crippen molar-refractivity contribution in [2.75, 3.05) is 32.4 Å². The molecule has 1 atom stereocenters. The van der Waals surface area contributed by atoms with Crippen LogP contribution in [0.4, 0.5) is 0 Å². The van der Waals surface area contributed by atoms with E-state index < -0.39 is 10.0 Å². The maximum Gasteiger partial charge on any atom is 0.213 e. The highest BCUT2D eigenvalue weighted by atomic mass is 32.2. The molecular weight excluding hydrogens is 274 g/mol. The maximum atomic E-state index is 12.0. The normalized spacial score (nSPS) is 25.4. The standard InChI is InChI=1S/C14H29N3O2S/c1-17(14-7-2-3-8-14)11-10-16-20(18,19)12-13-6-4-5-9-15-13/h13-16H,2-12H2,1H3. The predicted molar refractivity (Wildman–Crippen MR) is 82.3 cm³/mol. The Morgan fingerprint density at radius 1 is 1.15 bits per heavy atom. The predicted octanol–water partition coefficient (Wildman–Crippen LogP) is 0.922. The molecule has 0 aromatic rings. The monoisotopic (exact) mass is 303 g/mol. The molecule has 1 saturated carbocycles. The third-order valence-electron chi connectivity index (χ3n) is 4.57. The Morgan fingerprint density at radius 3 is 2.50 bits per heavy atom. The summed E-state index contributed by atoms with van der Waals surface area (Å²) < 4.78 is 26.8. The van der Waals surface area contributed by atoms with Crippen molar-refractivity contribution in [3.8, 4) is 0 Å². The molecule has 2 aliphatic rings. The number of hydrogen-bond acceptors (Lipinski definition) is 4. The highest BCUT2D eigenvalue weighted by Crippen LogP contribution is 2.21. The number of hydrogen-bond donors (Lipinski definition) is 2. The van der Waals surface area contributed by atoms with Crippen molar-refractivity contribution in [2.24, 2.45) is 0 Å². The van der Waals surface area contributed by atoms with E-state index in [2.05, 4.69) is 22.0 Å². The van der Waals surface area contributed by atoms with E-state index in [9.17, 15) is 8.42 Å². The number of nitrogens with one attached hydrogen (secondary N) is 2. The van der Waals surface area contributed by atoms with Crippen LogP contribution in [-0.4, -0.2) is 57.8 Å². The molecule has 0 radical (unpaired) electrons. The van der Waals surface area contributed by atoms with Crippen molar-refractivity contribution < 1.29 is 8.42 Å². The molecule has 1 aliphatic carbocycles. The van der Waals surface area contributed by atoms with E-state index in [4.69, 9.17) is 0 Å². The lowest BCUT2D eigenvalue weighted by Gasteiger charge is -2.25. The summed E-state index contributed by atoms with van der Waals surface area (Å²) in [7, 11) is -1.04. The van der Waals surface area contributed by atoms with Gasteiger partial charge in [-0.1, -0.05) is 19.3 Å². The Balaban J connectivity index is 1.66. The van der Waals surface area contributed by atoms with Crippen LogP contribution in [0.5, 0.6) is 0 Å². The van der Waals surface area contributed by atoms with Gasteiger partial charge in [0, 0.05) is 25.2 Å². The summed E-state index contributed by atoms with van der Waals surface area (Å²) in [6.07, 6.45) is 8.42. The van der Waals surface area contributed by atoms with Gasteiger partial charge < -0.3 is 10.2 Å². The van der Waals surface area contributed by atoms with E-state index in [1.807, 2.05) is 0 Å². The highest BCUT2D eigenvalue weighted by Gasteiger charge is 2.22. The average molecular weight is 303 g/mol. The molecule has 1 aliphatic heterocycles. The topological polar surface area (TPSA) is 61.4 Å². The summed E-state index contributed by atoms with van der Waals surface area (Å²) in [5.41, 5.74) is 0. The molecule has 2 rings (SSSR count). The van der Waals surface area contributed by atoms with Gasteiger partial charge >= 0.3 is 0 Å². The van der Waals surface area contributed by atoms with Gasteiger partial charge in [0.2, 0.25) is 10.0 Å². The summed E-state index contributed by atoms with van der Waals surface area (Å²) >= 11 is 0. The number of piperidine rings is 1. The van der Waals surface area contributed by atoms with Crippen LogP contribution in [0, 0.1) is 0 Å². The second-order valence-electron chi connectivity index (χ2n) is 6.24. The SMILES string of the molecule is CN(CCNS(=O)(=O)CC1CCCCN1)C1CCCC1. The molecule has 0 aromatic carbocycles. The Morgan fingerprint density at radius 2 is 1.85 bits per heavy atom. The first-order valence-electron chi connectivity index (χ1n) is 7.98. The third-order valence-corrected chi connectivity index (χ3v) is 6.05. The van der Waals surface area contributed by atoms with E-state index in [1.54, 1.807) is 0 Å². The molecule has 1 heterocycles. The van der Waals surface area contributed by atoms with Crippen LogP contribution in [0.2, 0.25) is 0 Å². The van der Waals surface area contributed by atoms with Crippen molar-refractivity contribution >= 4 is 10.0 Å². The minimum atomic E-state index is -3.14. The zero-order chi connectivity index (χ0) is 14.4. The molecule has 118 valence electrons. The number of sulfonamides is 1. The van der Waals surface area contributed by atoms with Gasteiger partial charge in [0.1, 0.15) is 0 Å². The smallest absolute Gasteiger partial charge is 0.213 e. The number of nitrogens with zero attached hydrogens (tertiary/aromatic N) is 1. The van der Waals surface area contributed by atoms with E-state index in [-0.39, 0.29) is 11.8 Å². The first-order chi connectivity index (χ1) is 9.57. The Labute approximate surface area is 123 Å². The molecular formula is C14H29N3O2S. The summed E-state index contributed by atoms with van der Waals surface area (Å²) in [6, 6.07) is 0.785. The second-order valence-corrected chi connectivity index (χ2v) is 8.09. The first kappa shape index (κ1) is 16.2. The van der Waals surface area contributed by atoms with Crippen LogP contribution < -0.4 is 10.0 Å². The van der Waals surface area contributed by atoms with Crippen LogP contribution in [-0.2, 0) is 10.0 Å². The summed E-state index contributed by atoms with van der Waals surface area (Å²) in [5, 5.41) is 3.29. The molecule has 6 heteroatoms. The lowest BCUT2D eigenvalue weighted by atomic mass is 10.1. The molecule has 5 nitrogen and oxygen atoms in total. The minimum Gasteiger partial charge on any atom is -0.313 e. The molecule has 0 amide bonds. The van der Waals surface area contributed by atoms with Crippen molar-refractivity contribution in [1.29, 1.82) is 0 Å². The average Bonchev–Trinajstić information content (AvgIpc) is 2.93. The maximum absolute atomic E-state index is 12.0. The molecule has 0 spiro atoms. The second kappa shape index (κ2) is 7.73. The van der Waals surface area contributed by atoms with Crippen molar-refractivity contribution in [3.63, 3.8) is 0 Å². The summed E-state index contributed by atoms with van der Waals surface area (Å²) in [5.74, 6) is 0.222. The van der Waals surface area contributed by atoms with E-state index in [1.165, 1.54) is 25.7 Å². The van der Waals surface area contributed by atoms with Crippen LogP contribution in [0.15, 0.2) is 0 Å². The van der Waals surface area contributed by atoms with Gasteiger partial charge in [0.05, 0.1) is 5.75 Å². The van der Waals surface area contributed by atoms with Gasteiger partial charge in [-0.05, 0) is 39.3 Å². The van der Waals surface area contributed by atoms with E-state index >= 15 is 0 Å². The Hall–Kier alpha value is -0.170. The fourth-order valence-corrected chi connectivity index (χ4v) is 4.63. The molecule has 2 fully saturated rings. The molecule has 0 bridgehead atoms. The fraction of sp³-hybridized carbons (Fsp3) is 1.00. The zero-order valence-corrected chi connectivity index (χ0v) is 13.4. The van der Waals surface area contributed by atoms with Crippen LogP contribution >= 0.6 is 0 Å². The van der Waals surface area contributed by atoms with Gasteiger partial charge in [-0.3, -0.25) is 0 Å². The largest absolute Gasteiger partial charge is 0.313 e. The van der Waals surface area contributed by atoms with Crippen LogP contribution in [0.1, 0.15) is 44.9 Å². The molecule has 1 saturated heterocycles. The van der Waals surface area contributed by atoms with Crippen LogP contribution in [0.3, 0.4) is 0 Å². The van der Waals surface area contributed by atoms with Gasteiger partial charge in [-0.15, -0.1) is 0 Å². The van der Waals surface area contributed by atoms with E-state index in [0.29, 0.717) is 12.6 Å². The Bertz CT molecular complexity index is 374. The van der Waals surface area contributed by atoms with Crippen molar-refractivity contribution in [2.45, 2.75) is 57.0 Å². The minimum absolute atomic E-state index is 0.133. The van der Waals surface area contributed by atoms with Gasteiger partial charge in [0.15, 0.2) is 0 Å². The van der Waals surface area contributed by atoms with Crippen molar-refractivity contribution in [1.82, 2.24) is 14.9 Å². The molecule has 1 unspecified atom stereocenters. The van der Waals surface area contributed by atoms with Gasteiger partial charge in [-0.25, -0.2) is 13.1 Å².